The Morgan fingerprint density at radius 3 is 2.57 bits per heavy atom. The lowest BCUT2D eigenvalue weighted by Crippen LogP contribution is -2.29. The number of ketones is 1. The molecule has 0 bridgehead atoms. The summed E-state index contributed by atoms with van der Waals surface area (Å²) in [7, 11) is 1.93. The average molecular weight is 509 g/mol. The van der Waals surface area contributed by atoms with E-state index in [9.17, 15) is 14.7 Å². The van der Waals surface area contributed by atoms with Crippen LogP contribution in [0.3, 0.4) is 0 Å². The quantitative estimate of drug-likeness (QED) is 0.374. The summed E-state index contributed by atoms with van der Waals surface area (Å²) >= 11 is 2.89. The van der Waals surface area contributed by atoms with Crippen LogP contribution in [-0.2, 0) is 4.79 Å². The number of Topliss-reactive ketones (excluding diaryl/α,β-unsaturated/α-hetero) is 1. The van der Waals surface area contributed by atoms with Crippen molar-refractivity contribution in [3.05, 3.63) is 68.4 Å². The van der Waals surface area contributed by atoms with Gasteiger partial charge in [-0.25, -0.2) is 4.99 Å². The van der Waals surface area contributed by atoms with Gasteiger partial charge in [0.15, 0.2) is 11.0 Å². The zero-order valence-electron chi connectivity index (χ0n) is 20.4. The second-order valence-electron chi connectivity index (χ2n) is 8.11. The number of hydrogen-bond acceptors (Lipinski definition) is 8. The fourth-order valence-corrected chi connectivity index (χ4v) is 6.40. The zero-order chi connectivity index (χ0) is 25.3. The molecular weight excluding hydrogens is 480 g/mol. The van der Waals surface area contributed by atoms with Gasteiger partial charge < -0.3 is 15.3 Å². The zero-order valence-corrected chi connectivity index (χ0v) is 22.0. The van der Waals surface area contributed by atoms with Gasteiger partial charge in [-0.1, -0.05) is 23.9 Å². The van der Waals surface area contributed by atoms with Crippen molar-refractivity contribution in [1.29, 1.82) is 0 Å². The van der Waals surface area contributed by atoms with E-state index >= 15 is 0 Å². The first-order valence-corrected chi connectivity index (χ1v) is 13.0. The minimum absolute atomic E-state index is 0.0372. The lowest BCUT2D eigenvalue weighted by molar-refractivity contribution is -0.122. The summed E-state index contributed by atoms with van der Waals surface area (Å²) in [6.07, 6.45) is 0. The fraction of sp³-hybridized carbons (Fsp3) is 0.269. The van der Waals surface area contributed by atoms with Gasteiger partial charge in [0.2, 0.25) is 0 Å². The van der Waals surface area contributed by atoms with E-state index in [1.165, 1.54) is 18.7 Å². The number of carbonyl (C=O) groups is 2. The molecule has 7 nitrogen and oxygen atoms in total. The molecule has 2 heterocycles. The first-order valence-electron chi connectivity index (χ1n) is 11.4. The minimum Gasteiger partial charge on any atom is -0.508 e. The summed E-state index contributed by atoms with van der Waals surface area (Å²) < 4.78 is 0. The molecule has 1 amide bonds. The molecule has 2 aliphatic heterocycles. The van der Waals surface area contributed by atoms with Crippen molar-refractivity contribution in [1.82, 2.24) is 9.80 Å². The lowest BCUT2D eigenvalue weighted by Gasteiger charge is -2.19. The van der Waals surface area contributed by atoms with Crippen LogP contribution in [0.4, 0.5) is 11.4 Å². The van der Waals surface area contributed by atoms with Crippen LogP contribution < -0.4 is 5.32 Å². The number of aliphatic imine (C=N–C) groups is 1. The number of thioether (sulfide) groups is 2. The number of allylic oxidation sites excluding steroid dienone is 1. The Hall–Kier alpha value is -3.17. The number of aromatic hydroxyl groups is 1. The Morgan fingerprint density at radius 2 is 1.91 bits per heavy atom. The standard InChI is InChI=1S/C26H28N4O3S2/c1-6-27-20-12-11-17(15(3)31)14-21(20)28-26-30(7-2)24(33)23(35-26)25-29(5)22(16(4)34-25)18-9-8-10-19(32)13-18/h8-14,27,32H,6-7H2,1-5H3/b25-23-,28-26?. The summed E-state index contributed by atoms with van der Waals surface area (Å²) in [5.74, 6) is 0.0672. The van der Waals surface area contributed by atoms with Gasteiger partial charge in [-0.3, -0.25) is 14.5 Å². The smallest absolute Gasteiger partial charge is 0.269 e. The van der Waals surface area contributed by atoms with E-state index in [1.807, 2.05) is 50.9 Å². The van der Waals surface area contributed by atoms with Crippen LogP contribution in [-0.4, -0.2) is 51.9 Å². The molecule has 2 N–H and O–H groups in total. The molecular formula is C26H28N4O3S2. The maximum Gasteiger partial charge on any atom is 0.269 e. The number of benzene rings is 2. The van der Waals surface area contributed by atoms with Crippen molar-refractivity contribution in [3.8, 4) is 5.75 Å². The van der Waals surface area contributed by atoms with E-state index in [4.69, 9.17) is 4.99 Å². The number of likely N-dealkylation sites (N-methyl/N-ethyl adjacent to an activating group) is 1. The van der Waals surface area contributed by atoms with Crippen molar-refractivity contribution in [2.75, 3.05) is 25.5 Å². The fourth-order valence-electron chi connectivity index (χ4n) is 4.03. The normalized spacial score (nSPS) is 19.3. The van der Waals surface area contributed by atoms with Crippen LogP contribution in [0.2, 0.25) is 0 Å². The number of nitrogens with one attached hydrogen (secondary N) is 1. The van der Waals surface area contributed by atoms with E-state index in [0.717, 1.165) is 26.9 Å². The Labute approximate surface area is 214 Å². The van der Waals surface area contributed by atoms with E-state index < -0.39 is 0 Å². The van der Waals surface area contributed by atoms with Crippen molar-refractivity contribution in [3.63, 3.8) is 0 Å². The number of phenols is 1. The number of phenolic OH excluding ortho intramolecular Hbond substituents is 1. The first-order chi connectivity index (χ1) is 16.7. The maximum absolute atomic E-state index is 13.5. The largest absolute Gasteiger partial charge is 0.508 e. The first kappa shape index (κ1) is 24.9. The van der Waals surface area contributed by atoms with E-state index in [-0.39, 0.29) is 17.4 Å². The highest BCUT2D eigenvalue weighted by molar-refractivity contribution is 8.19. The summed E-state index contributed by atoms with van der Waals surface area (Å²) in [6.45, 7) is 8.65. The van der Waals surface area contributed by atoms with Crippen LogP contribution in [0.5, 0.6) is 5.75 Å². The van der Waals surface area contributed by atoms with Crippen LogP contribution in [0.1, 0.15) is 43.6 Å². The Bertz CT molecular complexity index is 1300. The number of rotatable bonds is 6. The van der Waals surface area contributed by atoms with E-state index in [2.05, 4.69) is 5.32 Å². The molecule has 1 fully saturated rings. The molecule has 2 aromatic rings. The highest BCUT2D eigenvalue weighted by Gasteiger charge is 2.39. The predicted molar refractivity (Wildman–Crippen MR) is 146 cm³/mol. The third-order valence-electron chi connectivity index (χ3n) is 5.70. The molecule has 0 radical (unpaired) electrons. The second-order valence-corrected chi connectivity index (χ2v) is 10.3. The Morgan fingerprint density at radius 1 is 1.14 bits per heavy atom. The summed E-state index contributed by atoms with van der Waals surface area (Å²) in [6, 6.07) is 12.5. The molecule has 1 saturated heterocycles. The molecule has 0 aliphatic carbocycles. The molecule has 4 rings (SSSR count). The van der Waals surface area contributed by atoms with E-state index in [1.54, 1.807) is 40.9 Å². The SMILES string of the molecule is CCNc1ccc(C(C)=O)cc1N=C1S/C(=C2\SC(C)=C(c3cccc(O)c3)N2C)C(=O)N1CC. The van der Waals surface area contributed by atoms with Gasteiger partial charge in [-0.05, 0) is 69.8 Å². The number of hydrogen-bond donors (Lipinski definition) is 2. The van der Waals surface area contributed by atoms with Gasteiger partial charge in [-0.15, -0.1) is 0 Å². The molecule has 0 aromatic heterocycles. The highest BCUT2D eigenvalue weighted by Crippen LogP contribution is 2.50. The molecule has 182 valence electrons. The van der Waals surface area contributed by atoms with Crippen molar-refractivity contribution >= 4 is 57.5 Å². The molecule has 2 aromatic carbocycles. The molecule has 35 heavy (non-hydrogen) atoms. The van der Waals surface area contributed by atoms with Crippen LogP contribution >= 0.6 is 23.5 Å². The van der Waals surface area contributed by atoms with Crippen LogP contribution in [0, 0.1) is 0 Å². The van der Waals surface area contributed by atoms with Crippen LogP contribution in [0.15, 0.2) is 62.3 Å². The molecule has 0 saturated carbocycles. The Balaban J connectivity index is 1.74. The van der Waals surface area contributed by atoms with Gasteiger partial charge in [0, 0.05) is 36.2 Å². The number of anilines is 1. The highest BCUT2D eigenvalue weighted by atomic mass is 32.2. The van der Waals surface area contributed by atoms with Gasteiger partial charge >= 0.3 is 0 Å². The minimum atomic E-state index is -0.0942. The molecule has 2 aliphatic rings. The molecule has 9 heteroatoms. The predicted octanol–water partition coefficient (Wildman–Crippen LogP) is 5.85. The number of amidine groups is 1. The monoisotopic (exact) mass is 508 g/mol. The van der Waals surface area contributed by atoms with Crippen molar-refractivity contribution in [2.24, 2.45) is 4.99 Å². The molecule has 0 unspecified atom stereocenters. The van der Waals surface area contributed by atoms with Crippen LogP contribution in [0.25, 0.3) is 5.70 Å². The average Bonchev–Trinajstić information content (AvgIpc) is 3.29. The van der Waals surface area contributed by atoms with Crippen molar-refractivity contribution in [2.45, 2.75) is 27.7 Å². The number of nitrogens with zero attached hydrogens (tertiary/aromatic N) is 3. The van der Waals surface area contributed by atoms with Gasteiger partial charge in [-0.2, -0.15) is 0 Å². The van der Waals surface area contributed by atoms with Gasteiger partial charge in [0.05, 0.1) is 22.1 Å². The third-order valence-corrected chi connectivity index (χ3v) is 8.07. The van der Waals surface area contributed by atoms with Crippen molar-refractivity contribution < 1.29 is 14.7 Å². The molecule has 0 spiro atoms. The summed E-state index contributed by atoms with van der Waals surface area (Å²) in [5, 5.41) is 14.7. The summed E-state index contributed by atoms with van der Waals surface area (Å²) in [4.78, 5) is 35.6. The van der Waals surface area contributed by atoms with Gasteiger partial charge in [0.1, 0.15) is 10.7 Å². The number of carbonyl (C=O) groups excluding carboxylic acids is 2. The number of amides is 1. The molecule has 0 atom stereocenters. The summed E-state index contributed by atoms with van der Waals surface area (Å²) in [5.41, 5.74) is 3.86. The second kappa shape index (κ2) is 10.2. The third kappa shape index (κ3) is 4.83. The maximum atomic E-state index is 13.5. The van der Waals surface area contributed by atoms with Gasteiger partial charge in [0.25, 0.3) is 5.91 Å². The van der Waals surface area contributed by atoms with E-state index in [0.29, 0.717) is 34.4 Å². The lowest BCUT2D eigenvalue weighted by atomic mass is 10.1. The Kier molecular flexibility index (Phi) is 7.28. The topological polar surface area (TPSA) is 85.2 Å².